The Morgan fingerprint density at radius 2 is 1.94 bits per heavy atom. The largest absolute Gasteiger partial charge is 0.389 e. The Balaban J connectivity index is 2.40. The first kappa shape index (κ1) is 15.3. The number of carbonyl (C=O) groups is 1. The number of hydrogen-bond acceptors (Lipinski definition) is 2. The van der Waals surface area contributed by atoms with E-state index in [0.29, 0.717) is 12.0 Å². The fourth-order valence-corrected chi connectivity index (χ4v) is 2.83. The first-order chi connectivity index (χ1) is 8.28. The van der Waals surface area contributed by atoms with E-state index in [1.54, 1.807) is 25.8 Å². The molecule has 0 atom stereocenters. The molecule has 0 aromatic carbocycles. The Labute approximate surface area is 111 Å². The van der Waals surface area contributed by atoms with E-state index in [9.17, 15) is 9.90 Å². The Kier molecular flexibility index (Phi) is 5.02. The number of likely N-dealkylation sites (N-methyl/N-ethyl adjacent to an activating group) is 1. The van der Waals surface area contributed by atoms with Crippen molar-refractivity contribution in [3.63, 3.8) is 0 Å². The highest BCUT2D eigenvalue weighted by Gasteiger charge is 2.32. The second-order valence-corrected chi connectivity index (χ2v) is 6.39. The van der Waals surface area contributed by atoms with Crippen molar-refractivity contribution in [3.8, 4) is 0 Å². The van der Waals surface area contributed by atoms with E-state index in [2.05, 4.69) is 12.2 Å². The molecule has 0 heterocycles. The van der Waals surface area contributed by atoms with Crippen LogP contribution in [0.3, 0.4) is 0 Å². The molecule has 0 aromatic rings. The molecule has 1 aliphatic carbocycles. The summed E-state index contributed by atoms with van der Waals surface area (Å²) >= 11 is 0. The van der Waals surface area contributed by atoms with Crippen LogP contribution in [0, 0.1) is 5.41 Å². The van der Waals surface area contributed by atoms with Crippen LogP contribution in [0.2, 0.25) is 0 Å². The van der Waals surface area contributed by atoms with Gasteiger partial charge in [-0.3, -0.25) is 0 Å². The predicted molar refractivity (Wildman–Crippen MR) is 73.5 cm³/mol. The van der Waals surface area contributed by atoms with E-state index in [0.717, 1.165) is 13.0 Å². The third-order valence-electron chi connectivity index (χ3n) is 4.00. The monoisotopic (exact) mass is 256 g/mol. The maximum absolute atomic E-state index is 11.9. The number of carbonyl (C=O) groups excluding carboxylic acids is 1. The predicted octanol–water partition coefficient (Wildman–Crippen LogP) is 2.37. The molecule has 106 valence electrons. The van der Waals surface area contributed by atoms with Crippen LogP contribution >= 0.6 is 0 Å². The highest BCUT2D eigenvalue weighted by molar-refractivity contribution is 5.73. The quantitative estimate of drug-likeness (QED) is 0.793. The van der Waals surface area contributed by atoms with Crippen LogP contribution < -0.4 is 5.32 Å². The van der Waals surface area contributed by atoms with Gasteiger partial charge in [-0.05, 0) is 38.5 Å². The molecule has 2 amide bonds. The summed E-state index contributed by atoms with van der Waals surface area (Å²) in [5.41, 5.74) is -0.535. The van der Waals surface area contributed by atoms with Crippen molar-refractivity contribution in [2.75, 3.05) is 20.1 Å². The average molecular weight is 256 g/mol. The molecule has 4 heteroatoms. The van der Waals surface area contributed by atoms with Gasteiger partial charge in [0.05, 0.1) is 12.1 Å². The number of aliphatic hydroxyl groups is 1. The number of rotatable bonds is 5. The van der Waals surface area contributed by atoms with Gasteiger partial charge in [-0.2, -0.15) is 0 Å². The number of urea groups is 1. The second-order valence-electron chi connectivity index (χ2n) is 6.39. The zero-order chi connectivity index (χ0) is 13.8. The Morgan fingerprint density at radius 1 is 1.39 bits per heavy atom. The third-order valence-corrected chi connectivity index (χ3v) is 4.00. The lowest BCUT2D eigenvalue weighted by molar-refractivity contribution is 0.0527. The van der Waals surface area contributed by atoms with Crippen LogP contribution in [-0.4, -0.2) is 41.8 Å². The molecule has 4 nitrogen and oxygen atoms in total. The molecule has 1 rings (SSSR count). The first-order valence-electron chi connectivity index (χ1n) is 6.99. The zero-order valence-corrected chi connectivity index (χ0v) is 12.3. The van der Waals surface area contributed by atoms with E-state index in [1.807, 2.05) is 0 Å². The van der Waals surface area contributed by atoms with Crippen molar-refractivity contribution in [2.24, 2.45) is 5.41 Å². The number of nitrogens with zero attached hydrogens (tertiary/aromatic N) is 1. The maximum Gasteiger partial charge on any atom is 0.317 e. The average Bonchev–Trinajstić information content (AvgIpc) is 2.73. The normalized spacial score (nSPS) is 18.7. The summed E-state index contributed by atoms with van der Waals surface area (Å²) in [5, 5.41) is 12.7. The van der Waals surface area contributed by atoms with Gasteiger partial charge in [-0.15, -0.1) is 0 Å². The topological polar surface area (TPSA) is 52.6 Å². The molecule has 0 bridgehead atoms. The van der Waals surface area contributed by atoms with Gasteiger partial charge in [0.25, 0.3) is 0 Å². The first-order valence-corrected chi connectivity index (χ1v) is 6.99. The van der Waals surface area contributed by atoms with Gasteiger partial charge in [0.1, 0.15) is 0 Å². The number of hydrogen-bond donors (Lipinski definition) is 2. The molecular formula is C14H28N2O2. The lowest BCUT2D eigenvalue weighted by Crippen LogP contribution is -2.47. The summed E-state index contributed by atoms with van der Waals surface area (Å²) in [5.74, 6) is 0. The lowest BCUT2D eigenvalue weighted by Gasteiger charge is -2.30. The van der Waals surface area contributed by atoms with E-state index in [-0.39, 0.29) is 6.03 Å². The van der Waals surface area contributed by atoms with Gasteiger partial charge in [-0.1, -0.05) is 19.8 Å². The summed E-state index contributed by atoms with van der Waals surface area (Å²) in [4.78, 5) is 13.5. The Bertz CT molecular complexity index is 278. The molecule has 0 saturated heterocycles. The van der Waals surface area contributed by atoms with Crippen molar-refractivity contribution in [3.05, 3.63) is 0 Å². The minimum atomic E-state index is -0.845. The summed E-state index contributed by atoms with van der Waals surface area (Å²) in [7, 11) is 1.72. The van der Waals surface area contributed by atoms with E-state index < -0.39 is 5.60 Å². The third kappa shape index (κ3) is 4.48. The van der Waals surface area contributed by atoms with Crippen molar-refractivity contribution in [2.45, 2.75) is 58.5 Å². The lowest BCUT2D eigenvalue weighted by atomic mass is 9.83. The fraction of sp³-hybridized carbons (Fsp3) is 0.929. The van der Waals surface area contributed by atoms with Crippen LogP contribution in [0.15, 0.2) is 0 Å². The molecule has 1 saturated carbocycles. The molecule has 0 aromatic heterocycles. The molecule has 0 aliphatic heterocycles. The van der Waals surface area contributed by atoms with E-state index in [1.165, 1.54) is 25.7 Å². The van der Waals surface area contributed by atoms with Gasteiger partial charge in [0.15, 0.2) is 0 Å². The van der Waals surface area contributed by atoms with Crippen molar-refractivity contribution in [1.29, 1.82) is 0 Å². The van der Waals surface area contributed by atoms with Gasteiger partial charge in [0.2, 0.25) is 0 Å². The second kappa shape index (κ2) is 5.91. The number of amides is 2. The highest BCUT2D eigenvalue weighted by Crippen LogP contribution is 2.40. The summed E-state index contributed by atoms with van der Waals surface area (Å²) < 4.78 is 0. The molecule has 0 spiro atoms. The highest BCUT2D eigenvalue weighted by atomic mass is 16.3. The molecular weight excluding hydrogens is 228 g/mol. The summed E-state index contributed by atoms with van der Waals surface area (Å²) in [6.45, 7) is 6.73. The van der Waals surface area contributed by atoms with Gasteiger partial charge >= 0.3 is 6.03 Å². The van der Waals surface area contributed by atoms with Gasteiger partial charge < -0.3 is 15.3 Å². The molecule has 1 fully saturated rings. The number of nitrogens with one attached hydrogen (secondary N) is 1. The molecule has 0 radical (unpaired) electrons. The van der Waals surface area contributed by atoms with Crippen LogP contribution in [0.25, 0.3) is 0 Å². The van der Waals surface area contributed by atoms with Crippen molar-refractivity contribution >= 4 is 6.03 Å². The van der Waals surface area contributed by atoms with Crippen molar-refractivity contribution < 1.29 is 9.90 Å². The zero-order valence-electron chi connectivity index (χ0n) is 12.3. The van der Waals surface area contributed by atoms with Crippen LogP contribution in [0.5, 0.6) is 0 Å². The van der Waals surface area contributed by atoms with E-state index in [4.69, 9.17) is 0 Å². The smallest absolute Gasteiger partial charge is 0.317 e. The Morgan fingerprint density at radius 3 is 2.39 bits per heavy atom. The van der Waals surface area contributed by atoms with Gasteiger partial charge in [-0.25, -0.2) is 4.79 Å². The minimum Gasteiger partial charge on any atom is -0.389 e. The SMILES string of the molecule is CCC1(CNC(=O)N(C)CC(C)(C)O)CCCC1. The van der Waals surface area contributed by atoms with Crippen LogP contribution in [-0.2, 0) is 0 Å². The maximum atomic E-state index is 11.9. The van der Waals surface area contributed by atoms with Crippen LogP contribution in [0.4, 0.5) is 4.79 Å². The van der Waals surface area contributed by atoms with Gasteiger partial charge in [0, 0.05) is 13.6 Å². The Hall–Kier alpha value is -0.770. The minimum absolute atomic E-state index is 0.0862. The molecule has 1 aliphatic rings. The standard InChI is InChI=1S/C14H28N2O2/c1-5-14(8-6-7-9-14)10-15-12(17)16(4)11-13(2,3)18/h18H,5-11H2,1-4H3,(H,15,17). The molecule has 18 heavy (non-hydrogen) atoms. The summed E-state index contributed by atoms with van der Waals surface area (Å²) in [6.07, 6.45) is 6.13. The van der Waals surface area contributed by atoms with Crippen LogP contribution in [0.1, 0.15) is 52.9 Å². The van der Waals surface area contributed by atoms with Crippen molar-refractivity contribution in [1.82, 2.24) is 10.2 Å². The molecule has 0 unspecified atom stereocenters. The molecule has 2 N–H and O–H groups in total. The van der Waals surface area contributed by atoms with E-state index >= 15 is 0 Å². The fourth-order valence-electron chi connectivity index (χ4n) is 2.83. The summed E-state index contributed by atoms with van der Waals surface area (Å²) in [6, 6.07) is -0.0862.